The molecule has 2 aromatic rings. The normalized spacial score (nSPS) is 18.4. The first-order valence-electron chi connectivity index (χ1n) is 7.22. The number of nitrogens with one attached hydrogen (secondary N) is 2. The molecule has 20 heavy (non-hydrogen) atoms. The molecule has 0 saturated heterocycles. The van der Waals surface area contributed by atoms with E-state index in [9.17, 15) is 0 Å². The van der Waals surface area contributed by atoms with Crippen LogP contribution in [0.1, 0.15) is 35.0 Å². The molecular formula is C16H22N4. The first-order chi connectivity index (χ1) is 9.66. The summed E-state index contributed by atoms with van der Waals surface area (Å²) in [5, 5.41) is 11.7. The quantitative estimate of drug-likeness (QED) is 0.881. The summed E-state index contributed by atoms with van der Waals surface area (Å²) in [4.78, 5) is 0. The Bertz CT molecular complexity index is 615. The molecule has 0 spiro atoms. The number of anilines is 1. The zero-order chi connectivity index (χ0) is 14.1. The van der Waals surface area contributed by atoms with Crippen molar-refractivity contribution >= 4 is 5.69 Å². The van der Waals surface area contributed by atoms with Gasteiger partial charge >= 0.3 is 0 Å². The Morgan fingerprint density at radius 1 is 1.30 bits per heavy atom. The highest BCUT2D eigenvalue weighted by Crippen LogP contribution is 2.30. The van der Waals surface area contributed by atoms with Crippen molar-refractivity contribution in [2.45, 2.75) is 32.9 Å². The molecule has 1 aliphatic rings. The fourth-order valence-corrected chi connectivity index (χ4v) is 2.97. The lowest BCUT2D eigenvalue weighted by Gasteiger charge is -2.20. The summed E-state index contributed by atoms with van der Waals surface area (Å²) in [6, 6.07) is 9.04. The Kier molecular flexibility index (Phi) is 3.49. The molecule has 2 N–H and O–H groups in total. The van der Waals surface area contributed by atoms with E-state index >= 15 is 0 Å². The predicted molar refractivity (Wildman–Crippen MR) is 81.8 cm³/mol. The molecule has 0 fully saturated rings. The van der Waals surface area contributed by atoms with E-state index in [1.165, 1.54) is 22.5 Å². The Balaban J connectivity index is 1.94. The molecule has 2 heterocycles. The van der Waals surface area contributed by atoms with E-state index in [1.807, 2.05) is 11.7 Å². The zero-order valence-electron chi connectivity index (χ0n) is 12.4. The monoisotopic (exact) mass is 270 g/mol. The van der Waals surface area contributed by atoms with Crippen LogP contribution in [0.3, 0.4) is 0 Å². The Hall–Kier alpha value is -1.81. The summed E-state index contributed by atoms with van der Waals surface area (Å²) in [7, 11) is 2.00. The van der Waals surface area contributed by atoms with Gasteiger partial charge in [-0.15, -0.1) is 0 Å². The van der Waals surface area contributed by atoms with Crippen molar-refractivity contribution in [3.63, 3.8) is 0 Å². The van der Waals surface area contributed by atoms with E-state index in [2.05, 4.69) is 53.8 Å². The van der Waals surface area contributed by atoms with Gasteiger partial charge in [0.2, 0.25) is 0 Å². The number of aryl methyl sites for hydroxylation is 2. The molecule has 1 atom stereocenters. The maximum atomic E-state index is 4.49. The first kappa shape index (κ1) is 13.2. The first-order valence-corrected chi connectivity index (χ1v) is 7.22. The lowest BCUT2D eigenvalue weighted by atomic mass is 9.99. The van der Waals surface area contributed by atoms with Gasteiger partial charge in [-0.3, -0.25) is 4.68 Å². The van der Waals surface area contributed by atoms with Crippen molar-refractivity contribution in [3.05, 3.63) is 46.8 Å². The van der Waals surface area contributed by atoms with Gasteiger partial charge in [-0.2, -0.15) is 5.10 Å². The predicted octanol–water partition coefficient (Wildman–Crippen LogP) is 2.68. The average Bonchev–Trinajstić information content (AvgIpc) is 2.63. The van der Waals surface area contributed by atoms with Crippen LogP contribution in [-0.2, 0) is 13.6 Å². The van der Waals surface area contributed by atoms with Crippen LogP contribution >= 0.6 is 0 Å². The third kappa shape index (κ3) is 2.31. The average molecular weight is 270 g/mol. The van der Waals surface area contributed by atoms with Crippen LogP contribution in [0.4, 0.5) is 5.69 Å². The van der Waals surface area contributed by atoms with E-state index in [4.69, 9.17) is 0 Å². The molecule has 4 nitrogen and oxygen atoms in total. The minimum absolute atomic E-state index is 0.350. The Morgan fingerprint density at radius 3 is 2.85 bits per heavy atom. The second-order valence-corrected chi connectivity index (χ2v) is 5.53. The van der Waals surface area contributed by atoms with Gasteiger partial charge in [0.05, 0.1) is 23.1 Å². The second-order valence-electron chi connectivity index (χ2n) is 5.53. The molecule has 0 saturated carbocycles. The van der Waals surface area contributed by atoms with Gasteiger partial charge in [0.25, 0.3) is 0 Å². The maximum absolute atomic E-state index is 4.49. The number of hydrogen-bond acceptors (Lipinski definition) is 3. The smallest absolute Gasteiger partial charge is 0.0828 e. The summed E-state index contributed by atoms with van der Waals surface area (Å²) < 4.78 is 1.94. The Morgan fingerprint density at radius 2 is 2.10 bits per heavy atom. The van der Waals surface area contributed by atoms with Crippen LogP contribution in [0.15, 0.2) is 24.3 Å². The molecule has 1 aromatic heterocycles. The standard InChI is InChI=1S/C16H22N4/c1-11-16(12(2)20(3)19-11)18-15-8-9-17-10-13-6-4-5-7-14(13)15/h4-7,15,17-18H,8-10H2,1-3H3. The zero-order valence-corrected chi connectivity index (χ0v) is 12.4. The lowest BCUT2D eigenvalue weighted by Crippen LogP contribution is -2.15. The number of rotatable bonds is 2. The van der Waals surface area contributed by atoms with Gasteiger partial charge in [0.15, 0.2) is 0 Å². The summed E-state index contributed by atoms with van der Waals surface area (Å²) >= 11 is 0. The van der Waals surface area contributed by atoms with Gasteiger partial charge in [-0.25, -0.2) is 0 Å². The van der Waals surface area contributed by atoms with Crippen molar-refractivity contribution in [1.29, 1.82) is 0 Å². The molecule has 0 bridgehead atoms. The third-order valence-electron chi connectivity index (χ3n) is 4.18. The molecule has 106 valence electrons. The SMILES string of the molecule is Cc1nn(C)c(C)c1NC1CCNCc2ccccc21. The number of hydrogen-bond donors (Lipinski definition) is 2. The van der Waals surface area contributed by atoms with Crippen molar-refractivity contribution < 1.29 is 0 Å². The van der Waals surface area contributed by atoms with Gasteiger partial charge in [-0.1, -0.05) is 24.3 Å². The minimum Gasteiger partial charge on any atom is -0.375 e. The van der Waals surface area contributed by atoms with Crippen LogP contribution in [0.25, 0.3) is 0 Å². The summed E-state index contributed by atoms with van der Waals surface area (Å²) in [5.74, 6) is 0. The summed E-state index contributed by atoms with van der Waals surface area (Å²) in [6.07, 6.45) is 1.09. The van der Waals surface area contributed by atoms with E-state index in [0.29, 0.717) is 6.04 Å². The third-order valence-corrected chi connectivity index (χ3v) is 4.18. The molecule has 0 amide bonds. The number of benzene rings is 1. The molecule has 1 aliphatic heterocycles. The van der Waals surface area contributed by atoms with Crippen LogP contribution in [0.2, 0.25) is 0 Å². The van der Waals surface area contributed by atoms with E-state index in [0.717, 1.165) is 25.2 Å². The van der Waals surface area contributed by atoms with E-state index in [-0.39, 0.29) is 0 Å². The minimum atomic E-state index is 0.350. The maximum Gasteiger partial charge on any atom is 0.0828 e. The number of aromatic nitrogens is 2. The fraction of sp³-hybridized carbons (Fsp3) is 0.438. The van der Waals surface area contributed by atoms with Gasteiger partial charge in [0, 0.05) is 13.6 Å². The molecule has 0 aliphatic carbocycles. The highest BCUT2D eigenvalue weighted by molar-refractivity contribution is 5.54. The molecule has 3 rings (SSSR count). The number of fused-ring (bicyclic) bond motifs is 1. The van der Waals surface area contributed by atoms with Crippen LogP contribution in [0, 0.1) is 13.8 Å². The van der Waals surface area contributed by atoms with E-state index in [1.54, 1.807) is 0 Å². The van der Waals surface area contributed by atoms with Crippen LogP contribution < -0.4 is 10.6 Å². The fourth-order valence-electron chi connectivity index (χ4n) is 2.97. The lowest BCUT2D eigenvalue weighted by molar-refractivity contribution is 0.636. The van der Waals surface area contributed by atoms with Crippen molar-refractivity contribution in [2.24, 2.45) is 7.05 Å². The highest BCUT2D eigenvalue weighted by Gasteiger charge is 2.20. The van der Waals surface area contributed by atoms with Gasteiger partial charge < -0.3 is 10.6 Å². The topological polar surface area (TPSA) is 41.9 Å². The van der Waals surface area contributed by atoms with Crippen molar-refractivity contribution in [3.8, 4) is 0 Å². The largest absolute Gasteiger partial charge is 0.375 e. The summed E-state index contributed by atoms with van der Waals surface area (Å²) in [5.41, 5.74) is 6.23. The van der Waals surface area contributed by atoms with Gasteiger partial charge in [-0.05, 0) is 37.9 Å². The molecule has 1 aromatic carbocycles. The molecule has 4 heteroatoms. The number of nitrogens with zero attached hydrogens (tertiary/aromatic N) is 2. The second kappa shape index (κ2) is 5.29. The molecule has 1 unspecified atom stereocenters. The van der Waals surface area contributed by atoms with Crippen molar-refractivity contribution in [2.75, 3.05) is 11.9 Å². The molecular weight excluding hydrogens is 248 g/mol. The van der Waals surface area contributed by atoms with Gasteiger partial charge in [0.1, 0.15) is 0 Å². The Labute approximate surface area is 120 Å². The van der Waals surface area contributed by atoms with Crippen LogP contribution in [0.5, 0.6) is 0 Å². The molecule has 0 radical (unpaired) electrons. The highest BCUT2D eigenvalue weighted by atomic mass is 15.3. The van der Waals surface area contributed by atoms with Crippen LogP contribution in [-0.4, -0.2) is 16.3 Å². The van der Waals surface area contributed by atoms with E-state index < -0.39 is 0 Å². The van der Waals surface area contributed by atoms with Crippen molar-refractivity contribution in [1.82, 2.24) is 15.1 Å². The summed E-state index contributed by atoms with van der Waals surface area (Å²) in [6.45, 7) is 6.17.